The summed E-state index contributed by atoms with van der Waals surface area (Å²) in [5, 5.41) is 0. The molecule has 1 aliphatic carbocycles. The second-order valence-electron chi connectivity index (χ2n) is 5.43. The first-order valence-corrected chi connectivity index (χ1v) is 7.42. The fraction of sp³-hybridized carbons (Fsp3) is 0.0476. The van der Waals surface area contributed by atoms with Crippen LogP contribution in [0.25, 0.3) is 22.8 Å². The van der Waals surface area contributed by atoms with E-state index in [2.05, 4.69) is 66.7 Å². The van der Waals surface area contributed by atoms with Gasteiger partial charge in [0.15, 0.2) is 0 Å². The maximum absolute atomic E-state index is 5.33. The molecule has 0 fully saturated rings. The number of benzene rings is 3. The summed E-state index contributed by atoms with van der Waals surface area (Å²) in [5.41, 5.74) is 7.65. The van der Waals surface area contributed by atoms with Gasteiger partial charge in [-0.15, -0.1) is 0 Å². The van der Waals surface area contributed by atoms with Crippen molar-refractivity contribution < 1.29 is 4.74 Å². The maximum Gasteiger partial charge on any atom is 0.119 e. The summed E-state index contributed by atoms with van der Waals surface area (Å²) < 4.78 is 5.33. The Kier molecular flexibility index (Phi) is 3.05. The van der Waals surface area contributed by atoms with Crippen molar-refractivity contribution in [1.29, 1.82) is 0 Å². The van der Waals surface area contributed by atoms with Crippen molar-refractivity contribution in [1.82, 2.24) is 0 Å². The second-order valence-corrected chi connectivity index (χ2v) is 5.43. The van der Waals surface area contributed by atoms with Crippen LogP contribution >= 0.6 is 0 Å². The highest BCUT2D eigenvalue weighted by Gasteiger charge is 2.22. The smallest absolute Gasteiger partial charge is 0.119 e. The van der Waals surface area contributed by atoms with Crippen molar-refractivity contribution in [2.24, 2.45) is 0 Å². The van der Waals surface area contributed by atoms with Gasteiger partial charge in [-0.2, -0.15) is 0 Å². The highest BCUT2D eigenvalue weighted by molar-refractivity contribution is 6.06. The summed E-state index contributed by atoms with van der Waals surface area (Å²) in [6.45, 7) is 0. The molecule has 0 aliphatic heterocycles. The molecule has 0 saturated heterocycles. The number of fused-ring (bicyclic) bond motifs is 3. The number of ether oxygens (including phenoxy) is 1. The van der Waals surface area contributed by atoms with Gasteiger partial charge in [-0.05, 0) is 51.6 Å². The lowest BCUT2D eigenvalue weighted by Gasteiger charge is -2.05. The van der Waals surface area contributed by atoms with Crippen molar-refractivity contribution in [3.63, 3.8) is 0 Å². The van der Waals surface area contributed by atoms with Gasteiger partial charge in [0.25, 0.3) is 0 Å². The zero-order valence-electron chi connectivity index (χ0n) is 12.4. The Bertz CT molecular complexity index is 827. The molecule has 1 heteroatoms. The zero-order valence-corrected chi connectivity index (χ0v) is 12.4. The van der Waals surface area contributed by atoms with E-state index in [1.54, 1.807) is 7.11 Å². The largest absolute Gasteiger partial charge is 0.497 e. The van der Waals surface area contributed by atoms with Gasteiger partial charge in [-0.1, -0.05) is 60.7 Å². The average molecular weight is 284 g/mol. The SMILES string of the molecule is COc1cccc(C=C2c3ccccc3-c3ccccc32)c1. The van der Waals surface area contributed by atoms with Crippen LogP contribution in [0.5, 0.6) is 5.75 Å². The topological polar surface area (TPSA) is 9.23 Å². The third-order valence-corrected chi connectivity index (χ3v) is 4.13. The molecular weight excluding hydrogens is 268 g/mol. The van der Waals surface area contributed by atoms with Crippen LogP contribution in [-0.4, -0.2) is 7.11 Å². The molecule has 4 rings (SSSR count). The number of rotatable bonds is 2. The van der Waals surface area contributed by atoms with Gasteiger partial charge >= 0.3 is 0 Å². The summed E-state index contributed by atoms with van der Waals surface area (Å²) in [6, 6.07) is 25.4. The van der Waals surface area contributed by atoms with Gasteiger partial charge in [0.2, 0.25) is 0 Å². The van der Waals surface area contributed by atoms with Gasteiger partial charge in [-0.25, -0.2) is 0 Å². The van der Waals surface area contributed by atoms with Crippen LogP contribution in [0.1, 0.15) is 16.7 Å². The molecule has 22 heavy (non-hydrogen) atoms. The fourth-order valence-electron chi connectivity index (χ4n) is 3.10. The molecule has 0 aromatic heterocycles. The van der Waals surface area contributed by atoms with E-state index in [1.807, 2.05) is 12.1 Å². The summed E-state index contributed by atoms with van der Waals surface area (Å²) in [5.74, 6) is 0.883. The number of methoxy groups -OCH3 is 1. The normalized spacial score (nSPS) is 11.8. The van der Waals surface area contributed by atoms with E-state index in [-0.39, 0.29) is 0 Å². The van der Waals surface area contributed by atoms with Crippen LogP contribution in [0.4, 0.5) is 0 Å². The lowest BCUT2D eigenvalue weighted by atomic mass is 10.0. The molecule has 0 atom stereocenters. The van der Waals surface area contributed by atoms with Gasteiger partial charge in [0.05, 0.1) is 7.11 Å². The van der Waals surface area contributed by atoms with Crippen molar-refractivity contribution in [3.8, 4) is 16.9 Å². The Morgan fingerprint density at radius 2 is 1.27 bits per heavy atom. The van der Waals surface area contributed by atoms with E-state index in [0.29, 0.717) is 0 Å². The maximum atomic E-state index is 5.33. The standard InChI is InChI=1S/C21H16O/c1-22-16-8-6-7-15(13-16)14-21-19-11-4-2-9-17(19)18-10-3-5-12-20(18)21/h2-14H,1H3. The molecule has 0 N–H and O–H groups in total. The summed E-state index contributed by atoms with van der Waals surface area (Å²) in [4.78, 5) is 0. The second kappa shape index (κ2) is 5.19. The first-order valence-electron chi connectivity index (χ1n) is 7.42. The van der Waals surface area contributed by atoms with E-state index >= 15 is 0 Å². The molecular formula is C21H16O. The molecule has 0 spiro atoms. The minimum atomic E-state index is 0.883. The quantitative estimate of drug-likeness (QED) is 0.487. The van der Waals surface area contributed by atoms with Crippen molar-refractivity contribution in [2.45, 2.75) is 0 Å². The average Bonchev–Trinajstić information content (AvgIpc) is 2.90. The molecule has 0 heterocycles. The van der Waals surface area contributed by atoms with Gasteiger partial charge in [-0.3, -0.25) is 0 Å². The summed E-state index contributed by atoms with van der Waals surface area (Å²) >= 11 is 0. The van der Waals surface area contributed by atoms with Gasteiger partial charge in [0, 0.05) is 0 Å². The molecule has 0 unspecified atom stereocenters. The molecule has 3 aromatic carbocycles. The van der Waals surface area contributed by atoms with E-state index in [4.69, 9.17) is 4.74 Å². The third kappa shape index (κ3) is 2.03. The lowest BCUT2D eigenvalue weighted by molar-refractivity contribution is 0.414. The van der Waals surface area contributed by atoms with Crippen LogP contribution in [-0.2, 0) is 0 Å². The van der Waals surface area contributed by atoms with Crippen LogP contribution in [0.15, 0.2) is 72.8 Å². The van der Waals surface area contributed by atoms with E-state index in [0.717, 1.165) is 11.3 Å². The van der Waals surface area contributed by atoms with E-state index in [9.17, 15) is 0 Å². The van der Waals surface area contributed by atoms with E-state index in [1.165, 1.54) is 27.8 Å². The zero-order chi connectivity index (χ0) is 14.9. The lowest BCUT2D eigenvalue weighted by Crippen LogP contribution is -1.84. The molecule has 0 amide bonds. The summed E-state index contributed by atoms with van der Waals surface area (Å²) in [7, 11) is 1.70. The number of hydrogen-bond donors (Lipinski definition) is 0. The third-order valence-electron chi connectivity index (χ3n) is 4.13. The van der Waals surface area contributed by atoms with Crippen LogP contribution < -0.4 is 4.74 Å². The first-order chi connectivity index (χ1) is 10.9. The fourth-order valence-corrected chi connectivity index (χ4v) is 3.10. The van der Waals surface area contributed by atoms with E-state index < -0.39 is 0 Å². The van der Waals surface area contributed by atoms with Gasteiger partial charge < -0.3 is 4.74 Å². The highest BCUT2D eigenvalue weighted by Crippen LogP contribution is 2.44. The first kappa shape index (κ1) is 12.9. The molecule has 0 saturated carbocycles. The minimum absolute atomic E-state index is 0.883. The highest BCUT2D eigenvalue weighted by atomic mass is 16.5. The molecule has 1 nitrogen and oxygen atoms in total. The van der Waals surface area contributed by atoms with Crippen molar-refractivity contribution in [3.05, 3.63) is 89.5 Å². The summed E-state index contributed by atoms with van der Waals surface area (Å²) in [6.07, 6.45) is 2.24. The van der Waals surface area contributed by atoms with Crippen LogP contribution in [0.3, 0.4) is 0 Å². The molecule has 0 radical (unpaired) electrons. The Morgan fingerprint density at radius 3 is 1.86 bits per heavy atom. The predicted molar refractivity (Wildman–Crippen MR) is 91.8 cm³/mol. The Balaban J connectivity index is 1.92. The Hall–Kier alpha value is -2.80. The minimum Gasteiger partial charge on any atom is -0.497 e. The van der Waals surface area contributed by atoms with Gasteiger partial charge in [0.1, 0.15) is 5.75 Å². The molecule has 1 aliphatic rings. The van der Waals surface area contributed by atoms with Crippen LogP contribution in [0, 0.1) is 0 Å². The van der Waals surface area contributed by atoms with Crippen LogP contribution in [0.2, 0.25) is 0 Å². The Morgan fingerprint density at radius 1 is 0.682 bits per heavy atom. The molecule has 3 aromatic rings. The number of hydrogen-bond acceptors (Lipinski definition) is 1. The van der Waals surface area contributed by atoms with Crippen molar-refractivity contribution in [2.75, 3.05) is 7.11 Å². The van der Waals surface area contributed by atoms with Crippen molar-refractivity contribution >= 4 is 11.6 Å². The predicted octanol–water partition coefficient (Wildman–Crippen LogP) is 5.26. The monoisotopic (exact) mass is 284 g/mol. The Labute approximate surface area is 130 Å². The molecule has 0 bridgehead atoms. The molecule has 106 valence electrons.